The van der Waals surface area contributed by atoms with Gasteiger partial charge in [0.15, 0.2) is 11.5 Å². The summed E-state index contributed by atoms with van der Waals surface area (Å²) in [7, 11) is 4.51. The lowest BCUT2D eigenvalue weighted by atomic mass is 10.1. The van der Waals surface area contributed by atoms with Crippen molar-refractivity contribution in [3.8, 4) is 28.4 Å². The molecule has 0 radical (unpaired) electrons. The molecule has 0 saturated carbocycles. The van der Waals surface area contributed by atoms with Crippen molar-refractivity contribution in [3.63, 3.8) is 0 Å². The molecule has 34 heavy (non-hydrogen) atoms. The molecule has 4 rings (SSSR count). The number of nitrogens with zero attached hydrogens (tertiary/aromatic N) is 3. The second kappa shape index (κ2) is 8.93. The van der Waals surface area contributed by atoms with Gasteiger partial charge in [-0.25, -0.2) is 4.98 Å². The van der Waals surface area contributed by atoms with Gasteiger partial charge in [0, 0.05) is 17.1 Å². The van der Waals surface area contributed by atoms with E-state index in [0.717, 1.165) is 12.1 Å². The standard InChI is InChI=1S/C23H20F3N5O3/c1-32-18-7-13(8-19(33-2)20(18)34-3)16-11-29-22(27)31-21(16)30-15-6-12-4-5-14(23(24,25)26)9-17(12)28-10-15/h4-11H,1-3H3,(H3,27,29,30,31). The van der Waals surface area contributed by atoms with Gasteiger partial charge in [-0.05, 0) is 35.9 Å². The van der Waals surface area contributed by atoms with Crippen molar-refractivity contribution in [2.24, 2.45) is 0 Å². The van der Waals surface area contributed by atoms with Crippen molar-refractivity contribution in [2.75, 3.05) is 32.4 Å². The zero-order chi connectivity index (χ0) is 24.5. The van der Waals surface area contributed by atoms with Gasteiger partial charge in [0.2, 0.25) is 11.7 Å². The number of pyridine rings is 1. The zero-order valence-electron chi connectivity index (χ0n) is 18.4. The predicted octanol–water partition coefficient (Wildman–Crippen LogP) is 5.06. The van der Waals surface area contributed by atoms with Gasteiger partial charge in [0.05, 0.1) is 44.3 Å². The first kappa shape index (κ1) is 22.9. The monoisotopic (exact) mass is 471 g/mol. The number of nitrogens with two attached hydrogens (primary N) is 1. The van der Waals surface area contributed by atoms with Crippen LogP contribution in [-0.2, 0) is 6.18 Å². The molecule has 0 saturated heterocycles. The largest absolute Gasteiger partial charge is 0.493 e. The summed E-state index contributed by atoms with van der Waals surface area (Å²) in [5.74, 6) is 1.69. The van der Waals surface area contributed by atoms with E-state index in [1.54, 1.807) is 18.2 Å². The van der Waals surface area contributed by atoms with Crippen LogP contribution in [0.2, 0.25) is 0 Å². The number of fused-ring (bicyclic) bond motifs is 1. The molecule has 4 aromatic rings. The third-order valence-corrected chi connectivity index (χ3v) is 5.06. The maximum absolute atomic E-state index is 13.0. The molecule has 0 bridgehead atoms. The van der Waals surface area contributed by atoms with Crippen LogP contribution in [-0.4, -0.2) is 36.3 Å². The number of hydrogen-bond donors (Lipinski definition) is 2. The van der Waals surface area contributed by atoms with Gasteiger partial charge in [-0.15, -0.1) is 0 Å². The van der Waals surface area contributed by atoms with Gasteiger partial charge in [0.1, 0.15) is 5.82 Å². The van der Waals surface area contributed by atoms with E-state index in [2.05, 4.69) is 20.3 Å². The Kier molecular flexibility index (Phi) is 6.01. The molecule has 2 aromatic carbocycles. The van der Waals surface area contributed by atoms with Crippen LogP contribution in [0, 0.1) is 0 Å². The lowest BCUT2D eigenvalue weighted by molar-refractivity contribution is -0.137. The minimum Gasteiger partial charge on any atom is -0.493 e. The van der Waals surface area contributed by atoms with Crippen molar-refractivity contribution in [3.05, 3.63) is 54.4 Å². The van der Waals surface area contributed by atoms with E-state index in [1.165, 1.54) is 39.8 Å². The molecule has 8 nitrogen and oxygen atoms in total. The zero-order valence-corrected chi connectivity index (χ0v) is 18.4. The number of methoxy groups -OCH3 is 3. The van der Waals surface area contributed by atoms with Crippen LogP contribution >= 0.6 is 0 Å². The van der Waals surface area contributed by atoms with Gasteiger partial charge < -0.3 is 25.3 Å². The molecule has 2 aromatic heterocycles. The van der Waals surface area contributed by atoms with Crippen molar-refractivity contribution in [2.45, 2.75) is 6.18 Å². The van der Waals surface area contributed by atoms with E-state index >= 15 is 0 Å². The summed E-state index contributed by atoms with van der Waals surface area (Å²) < 4.78 is 55.2. The van der Waals surface area contributed by atoms with E-state index in [-0.39, 0.29) is 11.5 Å². The first-order valence-corrected chi connectivity index (χ1v) is 9.90. The summed E-state index contributed by atoms with van der Waals surface area (Å²) in [5.41, 5.74) is 6.99. The number of benzene rings is 2. The highest BCUT2D eigenvalue weighted by Gasteiger charge is 2.30. The molecule has 0 aliphatic rings. The highest BCUT2D eigenvalue weighted by atomic mass is 19.4. The van der Waals surface area contributed by atoms with E-state index < -0.39 is 11.7 Å². The lowest BCUT2D eigenvalue weighted by Crippen LogP contribution is -2.05. The Hall–Kier alpha value is -4.28. The Labute approximate surface area is 192 Å². The fourth-order valence-corrected chi connectivity index (χ4v) is 3.44. The third kappa shape index (κ3) is 4.45. The summed E-state index contributed by atoms with van der Waals surface area (Å²) in [6.07, 6.45) is -1.49. The van der Waals surface area contributed by atoms with Crippen molar-refractivity contribution in [1.29, 1.82) is 0 Å². The van der Waals surface area contributed by atoms with Crippen molar-refractivity contribution in [1.82, 2.24) is 15.0 Å². The smallest absolute Gasteiger partial charge is 0.416 e. The molecule has 0 atom stereocenters. The van der Waals surface area contributed by atoms with Gasteiger partial charge in [-0.3, -0.25) is 4.98 Å². The number of rotatable bonds is 6. The van der Waals surface area contributed by atoms with Crippen LogP contribution in [0.25, 0.3) is 22.0 Å². The van der Waals surface area contributed by atoms with Crippen molar-refractivity contribution < 1.29 is 27.4 Å². The fraction of sp³-hybridized carbons (Fsp3) is 0.174. The first-order chi connectivity index (χ1) is 16.2. The molecule has 0 amide bonds. The molecule has 0 fully saturated rings. The molecule has 2 heterocycles. The van der Waals surface area contributed by atoms with Gasteiger partial charge in [-0.1, -0.05) is 6.07 Å². The third-order valence-electron chi connectivity index (χ3n) is 5.06. The maximum atomic E-state index is 13.0. The fourth-order valence-electron chi connectivity index (χ4n) is 3.44. The Morgan fingerprint density at radius 3 is 2.21 bits per heavy atom. The molecule has 3 N–H and O–H groups in total. The Morgan fingerprint density at radius 1 is 0.882 bits per heavy atom. The quantitative estimate of drug-likeness (QED) is 0.402. The molecular formula is C23H20F3N5O3. The molecule has 0 spiro atoms. The second-order valence-corrected chi connectivity index (χ2v) is 7.16. The Bertz CT molecular complexity index is 1340. The van der Waals surface area contributed by atoms with Crippen LogP contribution in [0.15, 0.2) is 48.8 Å². The average molecular weight is 471 g/mol. The first-order valence-electron chi connectivity index (χ1n) is 9.90. The topological polar surface area (TPSA) is 104 Å². The van der Waals surface area contributed by atoms with Crippen molar-refractivity contribution >= 4 is 28.4 Å². The van der Waals surface area contributed by atoms with Crippen LogP contribution < -0.4 is 25.3 Å². The van der Waals surface area contributed by atoms with E-state index in [4.69, 9.17) is 19.9 Å². The minimum atomic E-state index is -4.44. The normalized spacial score (nSPS) is 11.4. The number of halogens is 3. The average Bonchev–Trinajstić information content (AvgIpc) is 2.82. The molecule has 0 aliphatic carbocycles. The summed E-state index contributed by atoms with van der Waals surface area (Å²) in [4.78, 5) is 12.5. The SMILES string of the molecule is COc1cc(-c2cnc(N)nc2Nc2cnc3cc(C(F)(F)F)ccc3c2)cc(OC)c1OC. The van der Waals surface area contributed by atoms with E-state index in [9.17, 15) is 13.2 Å². The summed E-state index contributed by atoms with van der Waals surface area (Å²) in [6.45, 7) is 0. The number of alkyl halides is 3. The van der Waals surface area contributed by atoms with Crippen LogP contribution in [0.4, 0.5) is 30.6 Å². The van der Waals surface area contributed by atoms with Crippen LogP contribution in [0.3, 0.4) is 0 Å². The maximum Gasteiger partial charge on any atom is 0.416 e. The number of ether oxygens (including phenoxy) is 3. The summed E-state index contributed by atoms with van der Waals surface area (Å²) in [6, 6.07) is 8.52. The van der Waals surface area contributed by atoms with Crippen LogP contribution in [0.1, 0.15) is 5.56 Å². The Morgan fingerprint density at radius 2 is 1.59 bits per heavy atom. The predicted molar refractivity (Wildman–Crippen MR) is 122 cm³/mol. The summed E-state index contributed by atoms with van der Waals surface area (Å²) in [5, 5.41) is 3.65. The number of nitrogens with one attached hydrogen (secondary N) is 1. The number of hydrogen-bond acceptors (Lipinski definition) is 8. The number of nitrogen functional groups attached to an aromatic ring is 1. The Balaban J connectivity index is 1.76. The molecule has 176 valence electrons. The highest BCUT2D eigenvalue weighted by molar-refractivity contribution is 5.85. The van der Waals surface area contributed by atoms with Gasteiger partial charge >= 0.3 is 6.18 Å². The minimum absolute atomic E-state index is 0.0299. The summed E-state index contributed by atoms with van der Waals surface area (Å²) >= 11 is 0. The van der Waals surface area contributed by atoms with Crippen LogP contribution in [0.5, 0.6) is 17.2 Å². The molecule has 0 unspecified atom stereocenters. The lowest BCUT2D eigenvalue weighted by Gasteiger charge is -2.16. The van der Waals surface area contributed by atoms with E-state index in [0.29, 0.717) is 45.3 Å². The number of aromatic nitrogens is 3. The second-order valence-electron chi connectivity index (χ2n) is 7.16. The highest BCUT2D eigenvalue weighted by Crippen LogP contribution is 2.42. The van der Waals surface area contributed by atoms with E-state index in [1.807, 2.05) is 0 Å². The molecule has 0 aliphatic heterocycles. The van der Waals surface area contributed by atoms with Gasteiger partial charge in [-0.2, -0.15) is 18.2 Å². The molecular weight excluding hydrogens is 451 g/mol. The molecule has 11 heteroatoms. The van der Waals surface area contributed by atoms with Gasteiger partial charge in [0.25, 0.3) is 0 Å². The number of anilines is 3.